The minimum Gasteiger partial charge on any atom is -0.259 e. The molecule has 0 bridgehead atoms. The summed E-state index contributed by atoms with van der Waals surface area (Å²) in [5.41, 5.74) is -5.42. The number of alkyl halides is 4. The highest BCUT2D eigenvalue weighted by Gasteiger charge is 2.29. The summed E-state index contributed by atoms with van der Waals surface area (Å²) in [4.78, 5) is 3.09. The summed E-state index contributed by atoms with van der Waals surface area (Å²) in [6, 6.07) is 4.18. The highest BCUT2D eigenvalue weighted by molar-refractivity contribution is 8.00. The lowest BCUT2D eigenvalue weighted by atomic mass is 10.0. The molecule has 2 rings (SSSR count). The van der Waals surface area contributed by atoms with Crippen molar-refractivity contribution >= 4 is 11.8 Å². The molecular weight excluding hydrogens is 316 g/mol. The highest BCUT2D eigenvalue weighted by atomic mass is 32.2. The molecule has 1 unspecified atom stereocenters. The van der Waals surface area contributed by atoms with E-state index in [1.165, 1.54) is 0 Å². The zero-order valence-electron chi connectivity index (χ0n) is 10.2. The van der Waals surface area contributed by atoms with Gasteiger partial charge in [-0.3, -0.25) is 4.98 Å². The third-order valence-corrected chi connectivity index (χ3v) is 3.29. The SMILES string of the molecule is Fc1cncc(F)c1C(F)c1ccc(SC(F)(F)F)cc1. The third kappa shape index (κ3) is 3.90. The predicted octanol–water partition coefficient (Wildman–Crippen LogP) is 5.03. The lowest BCUT2D eigenvalue weighted by Crippen LogP contribution is -2.03. The largest absolute Gasteiger partial charge is 0.446 e. The molecule has 0 saturated heterocycles. The van der Waals surface area contributed by atoms with Crippen LogP contribution in [0.2, 0.25) is 0 Å². The van der Waals surface area contributed by atoms with Crippen molar-refractivity contribution in [3.8, 4) is 0 Å². The van der Waals surface area contributed by atoms with Gasteiger partial charge >= 0.3 is 5.51 Å². The Morgan fingerprint density at radius 1 is 0.952 bits per heavy atom. The van der Waals surface area contributed by atoms with Crippen molar-refractivity contribution in [2.45, 2.75) is 16.6 Å². The van der Waals surface area contributed by atoms with Crippen molar-refractivity contribution in [2.75, 3.05) is 0 Å². The number of rotatable bonds is 3. The van der Waals surface area contributed by atoms with Gasteiger partial charge in [-0.15, -0.1) is 0 Å². The number of aromatic nitrogens is 1. The molecule has 8 heteroatoms. The van der Waals surface area contributed by atoms with E-state index in [0.29, 0.717) is 12.4 Å². The monoisotopic (exact) mass is 323 g/mol. The fourth-order valence-electron chi connectivity index (χ4n) is 1.67. The minimum atomic E-state index is -4.46. The molecule has 0 aliphatic rings. The third-order valence-electron chi connectivity index (χ3n) is 2.55. The molecule has 1 atom stereocenters. The molecule has 0 aliphatic heterocycles. The molecule has 0 aliphatic carbocycles. The molecular formula is C13H7F6NS. The van der Waals surface area contributed by atoms with E-state index in [-0.39, 0.29) is 22.2 Å². The predicted molar refractivity (Wildman–Crippen MR) is 65.5 cm³/mol. The zero-order chi connectivity index (χ0) is 15.6. The van der Waals surface area contributed by atoms with Gasteiger partial charge in [-0.1, -0.05) is 12.1 Å². The number of thioether (sulfide) groups is 1. The van der Waals surface area contributed by atoms with E-state index in [2.05, 4.69) is 4.98 Å². The minimum absolute atomic E-state index is 0.144. The van der Waals surface area contributed by atoms with Gasteiger partial charge in [0.25, 0.3) is 0 Å². The van der Waals surface area contributed by atoms with Crippen LogP contribution < -0.4 is 0 Å². The van der Waals surface area contributed by atoms with E-state index >= 15 is 0 Å². The van der Waals surface area contributed by atoms with Crippen molar-refractivity contribution < 1.29 is 26.3 Å². The molecule has 1 heterocycles. The van der Waals surface area contributed by atoms with Crippen LogP contribution in [0.15, 0.2) is 41.6 Å². The van der Waals surface area contributed by atoms with Gasteiger partial charge in [0.05, 0.1) is 18.0 Å². The van der Waals surface area contributed by atoms with Crippen molar-refractivity contribution in [3.63, 3.8) is 0 Å². The lowest BCUT2D eigenvalue weighted by molar-refractivity contribution is -0.0328. The zero-order valence-corrected chi connectivity index (χ0v) is 11.0. The second-order valence-electron chi connectivity index (χ2n) is 4.00. The normalized spacial score (nSPS) is 13.2. The van der Waals surface area contributed by atoms with Crippen LogP contribution in [0.25, 0.3) is 0 Å². The molecule has 1 aromatic carbocycles. The summed E-state index contributed by atoms with van der Waals surface area (Å²) in [7, 11) is 0. The van der Waals surface area contributed by atoms with Crippen molar-refractivity contribution in [2.24, 2.45) is 0 Å². The summed E-state index contributed by atoms with van der Waals surface area (Å²) in [5, 5.41) is 0. The summed E-state index contributed by atoms with van der Waals surface area (Å²) < 4.78 is 77.4. The number of hydrogen-bond acceptors (Lipinski definition) is 2. The molecule has 0 spiro atoms. The van der Waals surface area contributed by atoms with Crippen molar-refractivity contribution in [3.05, 3.63) is 59.4 Å². The Balaban J connectivity index is 2.26. The Labute approximate surface area is 120 Å². The first-order valence-electron chi connectivity index (χ1n) is 5.56. The lowest BCUT2D eigenvalue weighted by Gasteiger charge is -2.11. The second kappa shape index (κ2) is 5.97. The van der Waals surface area contributed by atoms with Gasteiger partial charge in [0.2, 0.25) is 0 Å². The number of nitrogens with zero attached hydrogens (tertiary/aromatic N) is 1. The van der Waals surface area contributed by atoms with E-state index in [4.69, 9.17) is 0 Å². The molecule has 2 aromatic rings. The Bertz CT molecular complexity index is 605. The van der Waals surface area contributed by atoms with E-state index < -0.39 is 28.9 Å². The molecule has 0 fully saturated rings. The van der Waals surface area contributed by atoms with Crippen LogP contribution in [-0.2, 0) is 0 Å². The number of hydrogen-bond donors (Lipinski definition) is 0. The maximum Gasteiger partial charge on any atom is 0.446 e. The molecule has 1 aromatic heterocycles. The van der Waals surface area contributed by atoms with Crippen LogP contribution in [0.3, 0.4) is 0 Å². The van der Waals surface area contributed by atoms with Crippen LogP contribution >= 0.6 is 11.8 Å². The molecule has 1 nitrogen and oxygen atoms in total. The standard InChI is InChI=1S/C13H7F6NS/c14-9-5-20-6-10(15)11(9)12(16)7-1-3-8(4-2-7)21-13(17,18)19/h1-6,12H. The fraction of sp³-hybridized carbons (Fsp3) is 0.154. The molecule has 0 radical (unpaired) electrons. The van der Waals surface area contributed by atoms with Gasteiger partial charge in [0.15, 0.2) is 17.8 Å². The average molecular weight is 323 g/mol. The van der Waals surface area contributed by atoms with Gasteiger partial charge in [0.1, 0.15) is 0 Å². The van der Waals surface area contributed by atoms with Crippen LogP contribution in [0.1, 0.15) is 17.3 Å². The molecule has 0 amide bonds. The highest BCUT2D eigenvalue weighted by Crippen LogP contribution is 2.38. The van der Waals surface area contributed by atoms with E-state index in [1.807, 2.05) is 0 Å². The van der Waals surface area contributed by atoms with Crippen LogP contribution in [-0.4, -0.2) is 10.5 Å². The number of pyridine rings is 1. The maximum absolute atomic E-state index is 14.1. The molecule has 0 N–H and O–H groups in total. The van der Waals surface area contributed by atoms with Crippen LogP contribution in [0.4, 0.5) is 26.3 Å². The number of benzene rings is 1. The Kier molecular flexibility index (Phi) is 4.46. The second-order valence-corrected chi connectivity index (χ2v) is 5.13. The Morgan fingerprint density at radius 3 is 1.95 bits per heavy atom. The van der Waals surface area contributed by atoms with Gasteiger partial charge in [-0.2, -0.15) is 13.2 Å². The van der Waals surface area contributed by atoms with Gasteiger partial charge in [0, 0.05) is 4.90 Å². The summed E-state index contributed by atoms with van der Waals surface area (Å²) in [6.45, 7) is 0. The first-order valence-corrected chi connectivity index (χ1v) is 6.38. The quantitative estimate of drug-likeness (QED) is 0.580. The van der Waals surface area contributed by atoms with Crippen LogP contribution in [0.5, 0.6) is 0 Å². The van der Waals surface area contributed by atoms with Gasteiger partial charge in [-0.25, -0.2) is 13.2 Å². The maximum atomic E-state index is 14.1. The molecule has 21 heavy (non-hydrogen) atoms. The molecule has 0 saturated carbocycles. The summed E-state index contributed by atoms with van der Waals surface area (Å²) in [5.74, 6) is -2.31. The van der Waals surface area contributed by atoms with Gasteiger partial charge < -0.3 is 0 Å². The fourth-order valence-corrected chi connectivity index (χ4v) is 2.21. The van der Waals surface area contributed by atoms with E-state index in [1.54, 1.807) is 0 Å². The summed E-state index contributed by atoms with van der Waals surface area (Å²) >= 11 is -0.357. The Hall–Kier alpha value is -1.70. The topological polar surface area (TPSA) is 12.9 Å². The van der Waals surface area contributed by atoms with Crippen molar-refractivity contribution in [1.82, 2.24) is 4.98 Å². The van der Waals surface area contributed by atoms with Crippen LogP contribution in [0, 0.1) is 11.6 Å². The average Bonchev–Trinajstić information content (AvgIpc) is 2.37. The molecule has 112 valence electrons. The first-order chi connectivity index (χ1) is 9.78. The first kappa shape index (κ1) is 15.7. The van der Waals surface area contributed by atoms with E-state index in [0.717, 1.165) is 24.3 Å². The van der Waals surface area contributed by atoms with Crippen molar-refractivity contribution in [1.29, 1.82) is 0 Å². The summed E-state index contributed by atoms with van der Waals surface area (Å²) in [6.07, 6.45) is -0.796. The van der Waals surface area contributed by atoms with Gasteiger partial charge in [-0.05, 0) is 29.5 Å². The Morgan fingerprint density at radius 2 is 1.48 bits per heavy atom. The van der Waals surface area contributed by atoms with E-state index in [9.17, 15) is 26.3 Å². The number of halogens is 6. The smallest absolute Gasteiger partial charge is 0.259 e.